The Balaban J connectivity index is 2.28. The van der Waals surface area contributed by atoms with E-state index in [0.29, 0.717) is 5.56 Å². The van der Waals surface area contributed by atoms with Crippen molar-refractivity contribution in [2.75, 3.05) is 18.1 Å². The number of carbonyl (C=O) groups is 3. The summed E-state index contributed by atoms with van der Waals surface area (Å²) in [7, 11) is 0. The molecule has 1 aliphatic heterocycles. The highest BCUT2D eigenvalue weighted by Crippen LogP contribution is 2.41. The number of allylic oxidation sites excluding steroid dienone is 1. The third kappa shape index (κ3) is 5.22. The van der Waals surface area contributed by atoms with Crippen molar-refractivity contribution in [2.24, 2.45) is 0 Å². The van der Waals surface area contributed by atoms with Gasteiger partial charge in [-0.1, -0.05) is 30.9 Å². The number of hydrogen-bond acceptors (Lipinski definition) is 5. The van der Waals surface area contributed by atoms with Crippen LogP contribution in [0.4, 0.5) is 23.7 Å². The Morgan fingerprint density at radius 1 is 1.22 bits per heavy atom. The van der Waals surface area contributed by atoms with E-state index < -0.39 is 42.3 Å². The molecule has 1 atom stereocenters. The summed E-state index contributed by atoms with van der Waals surface area (Å²) in [5.74, 6) is -2.33. The number of anilines is 1. The van der Waals surface area contributed by atoms with Gasteiger partial charge in [-0.3, -0.25) is 9.69 Å². The smallest absolute Gasteiger partial charge is 0.416 e. The molecule has 1 heterocycles. The number of amides is 2. The van der Waals surface area contributed by atoms with Crippen molar-refractivity contribution in [1.29, 1.82) is 5.26 Å². The van der Waals surface area contributed by atoms with Gasteiger partial charge in [0, 0.05) is 5.70 Å². The van der Waals surface area contributed by atoms with Gasteiger partial charge in [-0.05, 0) is 42.8 Å². The van der Waals surface area contributed by atoms with E-state index in [1.54, 1.807) is 0 Å². The van der Waals surface area contributed by atoms with Gasteiger partial charge < -0.3 is 14.7 Å². The molecule has 0 saturated heterocycles. The molecule has 8 nitrogen and oxygen atoms in total. The first-order valence-corrected chi connectivity index (χ1v) is 10.5. The summed E-state index contributed by atoms with van der Waals surface area (Å²) in [4.78, 5) is 40.1. The zero-order chi connectivity index (χ0) is 26.6. The van der Waals surface area contributed by atoms with Gasteiger partial charge >= 0.3 is 24.1 Å². The molecule has 0 radical (unpaired) electrons. The van der Waals surface area contributed by atoms with E-state index in [-0.39, 0.29) is 29.1 Å². The fourth-order valence-electron chi connectivity index (χ4n) is 3.84. The number of carboxylic acids is 1. The van der Waals surface area contributed by atoms with Gasteiger partial charge in [0.2, 0.25) is 0 Å². The molecule has 1 N–H and O–H groups in total. The molecular weight excluding hydrogens is 479 g/mol. The number of carbonyl (C=O) groups excluding carboxylic acids is 2. The average Bonchev–Trinajstić information content (AvgIpc) is 2.83. The summed E-state index contributed by atoms with van der Waals surface area (Å²) in [5, 5.41) is 18.6. The lowest BCUT2D eigenvalue weighted by Crippen LogP contribution is -2.52. The van der Waals surface area contributed by atoms with E-state index in [4.69, 9.17) is 10.00 Å². The maximum atomic E-state index is 13.6. The third-order valence-corrected chi connectivity index (χ3v) is 5.39. The number of halogens is 3. The molecule has 2 aromatic carbocycles. The molecule has 0 aromatic heterocycles. The molecule has 36 heavy (non-hydrogen) atoms. The molecule has 2 aromatic rings. The van der Waals surface area contributed by atoms with Gasteiger partial charge in [0.05, 0.1) is 34.5 Å². The van der Waals surface area contributed by atoms with E-state index in [1.807, 2.05) is 6.07 Å². The van der Waals surface area contributed by atoms with Crippen molar-refractivity contribution in [2.45, 2.75) is 19.1 Å². The van der Waals surface area contributed by atoms with E-state index in [9.17, 15) is 32.7 Å². The molecule has 0 fully saturated rings. The molecule has 1 unspecified atom stereocenters. The number of hydrogen-bond donors (Lipinski definition) is 1. The van der Waals surface area contributed by atoms with Gasteiger partial charge in [-0.15, -0.1) is 0 Å². The van der Waals surface area contributed by atoms with E-state index in [1.165, 1.54) is 43.3 Å². The first-order chi connectivity index (χ1) is 17.0. The van der Waals surface area contributed by atoms with Gasteiger partial charge in [-0.2, -0.15) is 18.4 Å². The number of urea groups is 1. The number of nitrogens with zero attached hydrogens (tertiary/aromatic N) is 3. The molecule has 11 heteroatoms. The lowest BCUT2D eigenvalue weighted by atomic mass is 9.92. The summed E-state index contributed by atoms with van der Waals surface area (Å²) in [6.07, 6.45) is -3.40. The fraction of sp³-hybridized carbons (Fsp3) is 0.200. The zero-order valence-corrected chi connectivity index (χ0v) is 19.0. The number of ether oxygens (including phenoxy) is 1. The number of alkyl halides is 3. The van der Waals surface area contributed by atoms with Crippen LogP contribution in [0.25, 0.3) is 0 Å². The summed E-state index contributed by atoms with van der Waals surface area (Å²) in [6.45, 7) is 3.76. The first-order valence-electron chi connectivity index (χ1n) is 10.5. The molecule has 0 bridgehead atoms. The average molecular weight is 499 g/mol. The van der Waals surface area contributed by atoms with E-state index >= 15 is 0 Å². The van der Waals surface area contributed by atoms with Gasteiger partial charge in [0.15, 0.2) is 0 Å². The molecule has 0 aliphatic carbocycles. The summed E-state index contributed by atoms with van der Waals surface area (Å²) >= 11 is 0. The minimum atomic E-state index is -4.70. The Hall–Kier alpha value is -4.59. The zero-order valence-electron chi connectivity index (χ0n) is 19.0. The van der Waals surface area contributed by atoms with Crippen LogP contribution in [0.3, 0.4) is 0 Å². The molecule has 0 saturated carbocycles. The topological polar surface area (TPSA) is 111 Å². The highest BCUT2D eigenvalue weighted by Gasteiger charge is 2.44. The summed E-state index contributed by atoms with van der Waals surface area (Å²) in [6, 6.07) is 9.40. The molecule has 3 rings (SSSR count). The van der Waals surface area contributed by atoms with Crippen LogP contribution in [0.2, 0.25) is 0 Å². The van der Waals surface area contributed by atoms with Gasteiger partial charge in [0.25, 0.3) is 0 Å². The standard InChI is InChI=1S/C25H20F3N3O5/c1-3-11-36-23(34)21-15(2)31(19-6-4-5-18(12-19)25(26,27)28)24(35)30(14-20(32)33)22(21)17-9-7-16(13-29)8-10-17/h3-10,12,22H,1,11,14H2,2H3,(H,32,33). The van der Waals surface area contributed by atoms with Crippen molar-refractivity contribution in [1.82, 2.24) is 4.90 Å². The van der Waals surface area contributed by atoms with Crippen LogP contribution in [0.1, 0.15) is 29.7 Å². The van der Waals surface area contributed by atoms with Crippen LogP contribution in [-0.4, -0.2) is 41.1 Å². The molecular formula is C25H20F3N3O5. The minimum absolute atomic E-state index is 0.0376. The summed E-state index contributed by atoms with van der Waals surface area (Å²) < 4.78 is 45.3. The van der Waals surface area contributed by atoms with Crippen molar-refractivity contribution in [3.63, 3.8) is 0 Å². The monoisotopic (exact) mass is 499 g/mol. The Morgan fingerprint density at radius 3 is 2.44 bits per heavy atom. The highest BCUT2D eigenvalue weighted by molar-refractivity contribution is 6.04. The first kappa shape index (κ1) is 26.0. The normalized spacial score (nSPS) is 16.0. The Labute approximate surface area is 204 Å². The molecule has 0 spiro atoms. The number of esters is 1. The predicted octanol–water partition coefficient (Wildman–Crippen LogP) is 4.65. The molecule has 1 aliphatic rings. The third-order valence-electron chi connectivity index (χ3n) is 5.39. The highest BCUT2D eigenvalue weighted by atomic mass is 19.4. The van der Waals surface area contributed by atoms with Gasteiger partial charge in [0.1, 0.15) is 13.2 Å². The van der Waals surface area contributed by atoms with E-state index in [0.717, 1.165) is 28.0 Å². The number of benzene rings is 2. The predicted molar refractivity (Wildman–Crippen MR) is 121 cm³/mol. The van der Waals surface area contributed by atoms with Crippen LogP contribution in [0, 0.1) is 11.3 Å². The minimum Gasteiger partial charge on any atom is -0.480 e. The number of nitriles is 1. The maximum absolute atomic E-state index is 13.6. The lowest BCUT2D eigenvalue weighted by Gasteiger charge is -2.42. The Bertz CT molecular complexity index is 1280. The van der Waals surface area contributed by atoms with Crippen molar-refractivity contribution in [3.05, 3.63) is 89.1 Å². The lowest BCUT2D eigenvalue weighted by molar-refractivity contribution is -0.141. The van der Waals surface area contributed by atoms with Crippen LogP contribution in [0.5, 0.6) is 0 Å². The fourth-order valence-corrected chi connectivity index (χ4v) is 3.84. The van der Waals surface area contributed by atoms with Gasteiger partial charge in [-0.25, -0.2) is 9.59 Å². The van der Waals surface area contributed by atoms with Crippen LogP contribution < -0.4 is 4.90 Å². The largest absolute Gasteiger partial charge is 0.480 e. The van der Waals surface area contributed by atoms with Crippen molar-refractivity contribution >= 4 is 23.7 Å². The van der Waals surface area contributed by atoms with Crippen LogP contribution in [0.15, 0.2) is 72.5 Å². The van der Waals surface area contributed by atoms with Crippen molar-refractivity contribution in [3.8, 4) is 6.07 Å². The van der Waals surface area contributed by atoms with Crippen LogP contribution >= 0.6 is 0 Å². The number of rotatable bonds is 7. The molecule has 186 valence electrons. The number of aliphatic carboxylic acids is 1. The second-order valence-corrected chi connectivity index (χ2v) is 7.71. The molecule has 2 amide bonds. The summed E-state index contributed by atoms with van der Waals surface area (Å²) in [5.41, 5.74) is -0.848. The second-order valence-electron chi connectivity index (χ2n) is 7.71. The van der Waals surface area contributed by atoms with Crippen molar-refractivity contribution < 1.29 is 37.4 Å². The maximum Gasteiger partial charge on any atom is 0.416 e. The Morgan fingerprint density at radius 2 is 1.89 bits per heavy atom. The SMILES string of the molecule is C=CCOC(=O)C1=C(C)N(c2cccc(C(F)(F)F)c2)C(=O)N(CC(=O)O)C1c1ccc(C#N)cc1. The Kier molecular flexibility index (Phi) is 7.48. The quantitative estimate of drug-likeness (QED) is 0.439. The number of carboxylic acid groups (broad SMARTS) is 1. The van der Waals surface area contributed by atoms with Crippen LogP contribution in [-0.2, 0) is 20.5 Å². The second kappa shape index (κ2) is 10.4. The van der Waals surface area contributed by atoms with E-state index in [2.05, 4.69) is 6.58 Å².